The van der Waals surface area contributed by atoms with E-state index in [-0.39, 0.29) is 5.41 Å². The Morgan fingerprint density at radius 3 is 2.58 bits per heavy atom. The predicted octanol–water partition coefficient (Wildman–Crippen LogP) is 2.63. The molecule has 2 aromatic rings. The van der Waals surface area contributed by atoms with Gasteiger partial charge in [-0.3, -0.25) is 4.90 Å². The molecule has 2 N–H and O–H groups in total. The van der Waals surface area contributed by atoms with Crippen molar-refractivity contribution in [2.75, 3.05) is 38.6 Å². The molecule has 24 heavy (non-hydrogen) atoms. The highest BCUT2D eigenvalue weighted by Gasteiger charge is 2.19. The molecule has 0 spiro atoms. The number of morpholine rings is 1. The van der Waals surface area contributed by atoms with Crippen LogP contribution in [-0.2, 0) is 16.6 Å². The van der Waals surface area contributed by atoms with E-state index in [0.717, 1.165) is 50.7 Å². The lowest BCUT2D eigenvalue weighted by Gasteiger charge is -2.26. The van der Waals surface area contributed by atoms with Crippen molar-refractivity contribution >= 4 is 5.82 Å². The fourth-order valence-corrected chi connectivity index (χ4v) is 2.92. The number of ether oxygens (including phenoxy) is 1. The zero-order chi connectivity index (χ0) is 17.2. The minimum atomic E-state index is -0.00663. The van der Waals surface area contributed by atoms with E-state index >= 15 is 0 Å². The smallest absolute Gasteiger partial charge is 0.127 e. The van der Waals surface area contributed by atoms with Crippen molar-refractivity contribution in [1.82, 2.24) is 14.7 Å². The van der Waals surface area contributed by atoms with Gasteiger partial charge in [0.2, 0.25) is 0 Å². The van der Waals surface area contributed by atoms with Crippen LogP contribution >= 0.6 is 0 Å². The van der Waals surface area contributed by atoms with Crippen LogP contribution in [0.15, 0.2) is 30.3 Å². The Morgan fingerprint density at radius 1 is 1.17 bits per heavy atom. The van der Waals surface area contributed by atoms with Crippen molar-refractivity contribution in [1.29, 1.82) is 0 Å². The molecule has 1 saturated heterocycles. The first kappa shape index (κ1) is 17.0. The number of hydrogen-bond donors (Lipinski definition) is 1. The molecule has 1 aliphatic rings. The monoisotopic (exact) mass is 328 g/mol. The van der Waals surface area contributed by atoms with Gasteiger partial charge in [-0.05, 0) is 24.1 Å². The molecule has 2 heterocycles. The van der Waals surface area contributed by atoms with Crippen molar-refractivity contribution in [2.45, 2.75) is 32.6 Å². The van der Waals surface area contributed by atoms with E-state index in [4.69, 9.17) is 15.6 Å². The van der Waals surface area contributed by atoms with Gasteiger partial charge >= 0.3 is 0 Å². The van der Waals surface area contributed by atoms with Crippen molar-refractivity contribution in [2.24, 2.45) is 0 Å². The lowest BCUT2D eigenvalue weighted by Crippen LogP contribution is -2.37. The first-order chi connectivity index (χ1) is 11.4. The predicted molar refractivity (Wildman–Crippen MR) is 97.6 cm³/mol. The molecule has 0 amide bonds. The van der Waals surface area contributed by atoms with Crippen LogP contribution in [-0.4, -0.2) is 47.5 Å². The van der Waals surface area contributed by atoms with Gasteiger partial charge in [0.25, 0.3) is 0 Å². The number of nitrogens with zero attached hydrogens (tertiary/aromatic N) is 3. The lowest BCUT2D eigenvalue weighted by atomic mass is 9.92. The van der Waals surface area contributed by atoms with E-state index < -0.39 is 0 Å². The molecule has 0 aliphatic carbocycles. The third-order valence-corrected chi connectivity index (χ3v) is 4.48. The number of aromatic nitrogens is 2. The van der Waals surface area contributed by atoms with Crippen LogP contribution in [0, 0.1) is 0 Å². The van der Waals surface area contributed by atoms with Crippen LogP contribution in [0.4, 0.5) is 5.82 Å². The molecule has 5 heteroatoms. The van der Waals surface area contributed by atoms with Crippen molar-refractivity contribution in [3.8, 4) is 5.69 Å². The maximum Gasteiger partial charge on any atom is 0.127 e. The molecular weight excluding hydrogens is 300 g/mol. The molecular formula is C19H28N4O. The number of benzene rings is 1. The van der Waals surface area contributed by atoms with E-state index in [1.165, 1.54) is 5.56 Å². The van der Waals surface area contributed by atoms with Crippen LogP contribution in [0.5, 0.6) is 0 Å². The molecule has 0 bridgehead atoms. The van der Waals surface area contributed by atoms with Gasteiger partial charge in [-0.1, -0.05) is 32.9 Å². The third kappa shape index (κ3) is 3.97. The SMILES string of the molecule is CC(C)(C)c1cc(N)n(-c2cccc(CCN3CCOCC3)c2)n1. The first-order valence-electron chi connectivity index (χ1n) is 8.69. The van der Waals surface area contributed by atoms with Crippen molar-refractivity contribution < 1.29 is 4.74 Å². The summed E-state index contributed by atoms with van der Waals surface area (Å²) in [6, 6.07) is 10.5. The highest BCUT2D eigenvalue weighted by Crippen LogP contribution is 2.25. The van der Waals surface area contributed by atoms with Gasteiger partial charge in [0, 0.05) is 31.1 Å². The summed E-state index contributed by atoms with van der Waals surface area (Å²) < 4.78 is 7.25. The summed E-state index contributed by atoms with van der Waals surface area (Å²) in [6.45, 7) is 11.3. The lowest BCUT2D eigenvalue weighted by molar-refractivity contribution is 0.0384. The highest BCUT2D eigenvalue weighted by atomic mass is 16.5. The molecule has 0 unspecified atom stereocenters. The molecule has 0 saturated carbocycles. The van der Waals surface area contributed by atoms with Crippen molar-refractivity contribution in [3.63, 3.8) is 0 Å². The standard InChI is InChI=1S/C19H28N4O/c1-19(2,3)17-14-18(20)23(21-17)16-6-4-5-15(13-16)7-8-22-9-11-24-12-10-22/h4-6,13-14H,7-12,20H2,1-3H3. The highest BCUT2D eigenvalue weighted by molar-refractivity contribution is 5.45. The second kappa shape index (κ2) is 6.95. The Bertz CT molecular complexity index is 681. The van der Waals surface area contributed by atoms with Crippen LogP contribution in [0.3, 0.4) is 0 Å². The van der Waals surface area contributed by atoms with Gasteiger partial charge in [0.1, 0.15) is 5.82 Å². The topological polar surface area (TPSA) is 56.3 Å². The number of anilines is 1. The molecule has 130 valence electrons. The zero-order valence-electron chi connectivity index (χ0n) is 15.0. The molecule has 1 aromatic heterocycles. The fraction of sp³-hybridized carbons (Fsp3) is 0.526. The second-order valence-electron chi connectivity index (χ2n) is 7.49. The molecule has 0 radical (unpaired) electrons. The minimum absolute atomic E-state index is 0.00663. The normalized spacial score (nSPS) is 16.5. The summed E-state index contributed by atoms with van der Waals surface area (Å²) in [5, 5.41) is 4.71. The van der Waals surface area contributed by atoms with Gasteiger partial charge in [-0.25, -0.2) is 4.68 Å². The molecule has 1 aromatic carbocycles. The minimum Gasteiger partial charge on any atom is -0.384 e. The van der Waals surface area contributed by atoms with E-state index in [0.29, 0.717) is 5.82 Å². The average molecular weight is 328 g/mol. The maximum atomic E-state index is 6.19. The quantitative estimate of drug-likeness (QED) is 0.937. The van der Waals surface area contributed by atoms with Gasteiger partial charge < -0.3 is 10.5 Å². The molecule has 3 rings (SSSR count). The van der Waals surface area contributed by atoms with E-state index in [2.05, 4.69) is 49.9 Å². The molecule has 5 nitrogen and oxygen atoms in total. The summed E-state index contributed by atoms with van der Waals surface area (Å²) in [5.41, 5.74) is 9.54. The van der Waals surface area contributed by atoms with Crippen LogP contribution in [0.2, 0.25) is 0 Å². The van der Waals surface area contributed by atoms with Crippen LogP contribution < -0.4 is 5.73 Å². The summed E-state index contributed by atoms with van der Waals surface area (Å²) in [5.74, 6) is 0.685. The Kier molecular flexibility index (Phi) is 4.92. The van der Waals surface area contributed by atoms with Gasteiger partial charge in [0.05, 0.1) is 24.6 Å². The second-order valence-corrected chi connectivity index (χ2v) is 7.49. The molecule has 0 atom stereocenters. The van der Waals surface area contributed by atoms with Gasteiger partial charge in [0.15, 0.2) is 0 Å². The number of nitrogen functional groups attached to an aromatic ring is 1. The third-order valence-electron chi connectivity index (χ3n) is 4.48. The number of rotatable bonds is 4. The number of nitrogens with two attached hydrogens (primary N) is 1. The molecule has 1 fully saturated rings. The van der Waals surface area contributed by atoms with E-state index in [9.17, 15) is 0 Å². The largest absolute Gasteiger partial charge is 0.384 e. The van der Waals surface area contributed by atoms with Gasteiger partial charge in [-0.2, -0.15) is 5.10 Å². The van der Waals surface area contributed by atoms with Crippen molar-refractivity contribution in [3.05, 3.63) is 41.6 Å². The van der Waals surface area contributed by atoms with Gasteiger partial charge in [-0.15, -0.1) is 0 Å². The van der Waals surface area contributed by atoms with Crippen LogP contribution in [0.25, 0.3) is 5.69 Å². The first-order valence-corrected chi connectivity index (χ1v) is 8.69. The maximum absolute atomic E-state index is 6.19. The summed E-state index contributed by atoms with van der Waals surface area (Å²) in [6.07, 6.45) is 1.03. The Labute approximate surface area is 144 Å². The Morgan fingerprint density at radius 2 is 1.92 bits per heavy atom. The fourth-order valence-electron chi connectivity index (χ4n) is 2.92. The zero-order valence-corrected chi connectivity index (χ0v) is 15.0. The summed E-state index contributed by atoms with van der Waals surface area (Å²) in [7, 11) is 0. The Hall–Kier alpha value is -1.85. The summed E-state index contributed by atoms with van der Waals surface area (Å²) >= 11 is 0. The van der Waals surface area contributed by atoms with Crippen LogP contribution in [0.1, 0.15) is 32.0 Å². The van der Waals surface area contributed by atoms with E-state index in [1.807, 2.05) is 10.7 Å². The molecule has 1 aliphatic heterocycles. The average Bonchev–Trinajstić information content (AvgIpc) is 2.96. The Balaban J connectivity index is 1.74. The van der Waals surface area contributed by atoms with E-state index in [1.54, 1.807) is 0 Å². The summed E-state index contributed by atoms with van der Waals surface area (Å²) in [4.78, 5) is 2.45. The number of hydrogen-bond acceptors (Lipinski definition) is 4.